The summed E-state index contributed by atoms with van der Waals surface area (Å²) in [6, 6.07) is 1.29. The van der Waals surface area contributed by atoms with E-state index >= 15 is 0 Å². The smallest absolute Gasteiger partial charge is 0.301 e. The van der Waals surface area contributed by atoms with Crippen LogP contribution in [0.15, 0.2) is 16.0 Å². The Kier molecular flexibility index (Phi) is 3.78. The van der Waals surface area contributed by atoms with Gasteiger partial charge in [-0.2, -0.15) is 13.2 Å². The van der Waals surface area contributed by atoms with Crippen LogP contribution in [0.1, 0.15) is 12.1 Å². The van der Waals surface area contributed by atoms with Crippen molar-refractivity contribution < 1.29 is 13.2 Å². The molecular weight excluding hydrogens is 229 g/mol. The fourth-order valence-electron chi connectivity index (χ4n) is 0.883. The van der Waals surface area contributed by atoms with Crippen molar-refractivity contribution in [1.29, 1.82) is 0 Å². The van der Waals surface area contributed by atoms with Gasteiger partial charge >= 0.3 is 6.18 Å². The third-order valence-corrected chi connectivity index (χ3v) is 2.35. The second-order valence-electron chi connectivity index (χ2n) is 2.91. The number of nitrogens with zero attached hydrogens (tertiary/aromatic N) is 1. The average molecular weight is 238 g/mol. The largest absolute Gasteiger partial charge is 0.389 e. The van der Waals surface area contributed by atoms with Gasteiger partial charge in [0.25, 0.3) is 5.56 Å². The van der Waals surface area contributed by atoms with Crippen LogP contribution in [-0.2, 0) is 0 Å². The van der Waals surface area contributed by atoms with Crippen LogP contribution in [0, 0.1) is 6.92 Å². The number of nitrogens with one attached hydrogen (secondary N) is 1. The quantitative estimate of drug-likeness (QED) is 0.648. The molecule has 0 saturated carbocycles. The first-order valence-electron chi connectivity index (χ1n) is 4.14. The topological polar surface area (TPSA) is 45.8 Å². The lowest BCUT2D eigenvalue weighted by Gasteiger charge is -2.05. The number of aromatic nitrogens is 2. The van der Waals surface area contributed by atoms with E-state index in [0.29, 0.717) is 5.69 Å². The Morgan fingerprint density at radius 1 is 1.53 bits per heavy atom. The summed E-state index contributed by atoms with van der Waals surface area (Å²) in [5.74, 6) is -0.143. The zero-order valence-electron chi connectivity index (χ0n) is 7.89. The number of alkyl halides is 3. The van der Waals surface area contributed by atoms with Gasteiger partial charge in [-0.15, -0.1) is 0 Å². The Hall–Kier alpha value is -0.980. The van der Waals surface area contributed by atoms with Gasteiger partial charge < -0.3 is 4.98 Å². The molecule has 0 saturated heterocycles. The van der Waals surface area contributed by atoms with E-state index in [1.54, 1.807) is 6.92 Å². The van der Waals surface area contributed by atoms with Crippen molar-refractivity contribution in [2.75, 3.05) is 5.75 Å². The van der Waals surface area contributed by atoms with E-state index in [2.05, 4.69) is 9.97 Å². The minimum Gasteiger partial charge on any atom is -0.301 e. The molecule has 0 radical (unpaired) electrons. The number of hydrogen-bond donors (Lipinski definition) is 1. The normalized spacial score (nSPS) is 11.7. The highest BCUT2D eigenvalue weighted by Gasteiger charge is 2.26. The van der Waals surface area contributed by atoms with Gasteiger partial charge in [0.2, 0.25) is 0 Å². The molecule has 0 spiro atoms. The molecule has 0 aliphatic carbocycles. The molecule has 7 heteroatoms. The third-order valence-electron chi connectivity index (χ3n) is 1.47. The molecule has 1 aromatic heterocycles. The molecule has 84 valence electrons. The predicted octanol–water partition coefficient (Wildman–Crippen LogP) is 2.12. The van der Waals surface area contributed by atoms with Gasteiger partial charge in [-0.05, 0) is 6.92 Å². The molecule has 3 nitrogen and oxygen atoms in total. The minimum absolute atomic E-state index is 0.143. The first-order chi connectivity index (χ1) is 6.87. The van der Waals surface area contributed by atoms with Crippen molar-refractivity contribution in [2.45, 2.75) is 24.7 Å². The van der Waals surface area contributed by atoms with E-state index < -0.39 is 12.6 Å². The maximum Gasteiger partial charge on any atom is 0.389 e. The Labute approximate surface area is 88.1 Å². The molecule has 1 N–H and O–H groups in total. The van der Waals surface area contributed by atoms with Crippen molar-refractivity contribution in [3.63, 3.8) is 0 Å². The zero-order valence-corrected chi connectivity index (χ0v) is 8.71. The number of halogens is 3. The van der Waals surface area contributed by atoms with Crippen LogP contribution in [0.4, 0.5) is 13.2 Å². The number of rotatable bonds is 3. The Morgan fingerprint density at radius 2 is 2.20 bits per heavy atom. The highest BCUT2D eigenvalue weighted by atomic mass is 32.2. The summed E-state index contributed by atoms with van der Waals surface area (Å²) in [5.41, 5.74) is 0.144. The van der Waals surface area contributed by atoms with Gasteiger partial charge in [0.1, 0.15) is 0 Å². The second-order valence-corrected chi connectivity index (χ2v) is 3.99. The summed E-state index contributed by atoms with van der Waals surface area (Å²) >= 11 is 0.889. The Balaban J connectivity index is 2.55. The van der Waals surface area contributed by atoms with E-state index in [9.17, 15) is 18.0 Å². The molecule has 0 aliphatic rings. The summed E-state index contributed by atoms with van der Waals surface area (Å²) in [6.07, 6.45) is -5.06. The molecule has 0 unspecified atom stereocenters. The van der Waals surface area contributed by atoms with E-state index in [1.165, 1.54) is 6.07 Å². The third kappa shape index (κ3) is 4.87. The predicted molar refractivity (Wildman–Crippen MR) is 51.0 cm³/mol. The lowest BCUT2D eigenvalue weighted by atomic mass is 10.5. The number of hydrogen-bond acceptors (Lipinski definition) is 3. The van der Waals surface area contributed by atoms with Crippen LogP contribution in [-0.4, -0.2) is 21.9 Å². The summed E-state index contributed by atoms with van der Waals surface area (Å²) < 4.78 is 35.4. The van der Waals surface area contributed by atoms with Crippen LogP contribution in [0.2, 0.25) is 0 Å². The van der Waals surface area contributed by atoms with Gasteiger partial charge in [-0.25, -0.2) is 4.98 Å². The maximum atomic E-state index is 11.8. The van der Waals surface area contributed by atoms with Crippen molar-refractivity contribution in [1.82, 2.24) is 9.97 Å². The number of H-pyrrole nitrogens is 1. The lowest BCUT2D eigenvalue weighted by Crippen LogP contribution is -2.10. The first kappa shape index (κ1) is 12.1. The number of aromatic amines is 1. The number of aryl methyl sites for hydroxylation is 1. The Morgan fingerprint density at radius 3 is 2.73 bits per heavy atom. The van der Waals surface area contributed by atoms with Crippen molar-refractivity contribution in [2.24, 2.45) is 0 Å². The summed E-state index contributed by atoms with van der Waals surface area (Å²) in [4.78, 5) is 17.2. The molecule has 1 aromatic rings. The van der Waals surface area contributed by atoms with Crippen LogP contribution in [0.5, 0.6) is 0 Å². The van der Waals surface area contributed by atoms with Crippen molar-refractivity contribution in [3.05, 3.63) is 22.1 Å². The van der Waals surface area contributed by atoms with E-state index in [4.69, 9.17) is 0 Å². The van der Waals surface area contributed by atoms with Gasteiger partial charge in [0, 0.05) is 17.5 Å². The average Bonchev–Trinajstić information content (AvgIpc) is 1.99. The summed E-state index contributed by atoms with van der Waals surface area (Å²) in [5, 5.41) is 0.226. The zero-order chi connectivity index (χ0) is 11.5. The fraction of sp³-hybridized carbons (Fsp3) is 0.500. The fourth-order valence-corrected chi connectivity index (χ4v) is 1.79. The highest BCUT2D eigenvalue weighted by Crippen LogP contribution is 2.23. The molecule has 1 heterocycles. The van der Waals surface area contributed by atoms with E-state index in [1.807, 2.05) is 0 Å². The van der Waals surface area contributed by atoms with Crippen LogP contribution in [0.3, 0.4) is 0 Å². The standard InChI is InChI=1S/C8H9F3N2OS/c1-5-4-6(14)13-7(12-5)15-3-2-8(9,10)11/h4H,2-3H2,1H3,(H,12,13,14). The molecule has 1 rings (SSSR count). The van der Waals surface area contributed by atoms with Gasteiger partial charge in [-0.1, -0.05) is 11.8 Å². The van der Waals surface area contributed by atoms with E-state index in [0.717, 1.165) is 11.8 Å². The minimum atomic E-state index is -4.17. The second kappa shape index (κ2) is 4.69. The SMILES string of the molecule is Cc1cc(=O)[nH]c(SCCC(F)(F)F)n1. The number of thioether (sulfide) groups is 1. The molecule has 0 atom stereocenters. The maximum absolute atomic E-state index is 11.8. The summed E-state index contributed by atoms with van der Waals surface area (Å²) in [6.45, 7) is 1.61. The molecule has 0 aromatic carbocycles. The van der Waals surface area contributed by atoms with Gasteiger partial charge in [-0.3, -0.25) is 4.79 Å². The molecular formula is C8H9F3N2OS. The van der Waals surface area contributed by atoms with Gasteiger partial charge in [0.15, 0.2) is 5.16 Å². The molecule has 0 aliphatic heterocycles. The summed E-state index contributed by atoms with van der Waals surface area (Å²) in [7, 11) is 0. The van der Waals surface area contributed by atoms with Crippen molar-refractivity contribution in [3.8, 4) is 0 Å². The molecule has 0 bridgehead atoms. The monoisotopic (exact) mass is 238 g/mol. The van der Waals surface area contributed by atoms with E-state index in [-0.39, 0.29) is 16.5 Å². The Bertz CT molecular complexity index is 388. The van der Waals surface area contributed by atoms with Crippen LogP contribution >= 0.6 is 11.8 Å². The molecule has 0 amide bonds. The lowest BCUT2D eigenvalue weighted by molar-refractivity contribution is -0.129. The first-order valence-corrected chi connectivity index (χ1v) is 5.13. The van der Waals surface area contributed by atoms with Crippen LogP contribution < -0.4 is 5.56 Å². The molecule has 15 heavy (non-hydrogen) atoms. The highest BCUT2D eigenvalue weighted by molar-refractivity contribution is 7.99. The molecule has 0 fully saturated rings. The van der Waals surface area contributed by atoms with Crippen molar-refractivity contribution >= 4 is 11.8 Å². The van der Waals surface area contributed by atoms with Crippen LogP contribution in [0.25, 0.3) is 0 Å². The van der Waals surface area contributed by atoms with Gasteiger partial charge in [0.05, 0.1) is 6.42 Å².